The van der Waals surface area contributed by atoms with Gasteiger partial charge in [0.2, 0.25) is 0 Å². The van der Waals surface area contributed by atoms with Gasteiger partial charge in [-0.3, -0.25) is 0 Å². The van der Waals surface area contributed by atoms with Gasteiger partial charge in [0.25, 0.3) is 0 Å². The van der Waals surface area contributed by atoms with Crippen molar-refractivity contribution in [2.45, 2.75) is 0 Å². The fraction of sp³-hybridized carbons (Fsp3) is 0.500. The van der Waals surface area contributed by atoms with E-state index in [0.29, 0.717) is 0 Å². The zero-order valence-electron chi connectivity index (χ0n) is 4.55. The minimum absolute atomic E-state index is 0.103. The van der Waals surface area contributed by atoms with Gasteiger partial charge >= 0.3 is 6.16 Å². The standard InChI is InChI=1S/C4H7O4/c1-6-3-8-4(5)7-2/h2-3H2,1H3. The molecule has 0 aromatic carbocycles. The van der Waals surface area contributed by atoms with Crippen LogP contribution in [-0.4, -0.2) is 20.1 Å². The van der Waals surface area contributed by atoms with Crippen LogP contribution in [0.25, 0.3) is 0 Å². The number of rotatable bonds is 2. The van der Waals surface area contributed by atoms with Crippen molar-refractivity contribution in [3.8, 4) is 0 Å². The van der Waals surface area contributed by atoms with Crippen molar-refractivity contribution in [2.24, 2.45) is 0 Å². The Hall–Kier alpha value is -0.770. The Kier molecular flexibility index (Phi) is 3.97. The van der Waals surface area contributed by atoms with E-state index in [9.17, 15) is 4.79 Å². The van der Waals surface area contributed by atoms with Crippen molar-refractivity contribution in [3.05, 3.63) is 7.11 Å². The zero-order valence-corrected chi connectivity index (χ0v) is 4.55. The first kappa shape index (κ1) is 7.23. The fourth-order valence-corrected chi connectivity index (χ4v) is 0.149. The van der Waals surface area contributed by atoms with E-state index >= 15 is 0 Å². The Morgan fingerprint density at radius 2 is 2.38 bits per heavy atom. The lowest BCUT2D eigenvalue weighted by molar-refractivity contribution is -0.0147. The first-order valence-corrected chi connectivity index (χ1v) is 1.89. The lowest BCUT2D eigenvalue weighted by Gasteiger charge is -1.97. The van der Waals surface area contributed by atoms with Gasteiger partial charge in [0, 0.05) is 7.11 Å². The summed E-state index contributed by atoms with van der Waals surface area (Å²) in [5.74, 6) is 0. The van der Waals surface area contributed by atoms with E-state index in [1.807, 2.05) is 0 Å². The molecule has 0 bridgehead atoms. The number of carbonyl (C=O) groups excluding carboxylic acids is 1. The van der Waals surface area contributed by atoms with Crippen LogP contribution in [0, 0.1) is 7.11 Å². The van der Waals surface area contributed by atoms with Crippen molar-refractivity contribution in [2.75, 3.05) is 13.9 Å². The number of carbonyl (C=O) groups is 1. The van der Waals surface area contributed by atoms with Crippen molar-refractivity contribution in [1.29, 1.82) is 0 Å². The predicted octanol–water partition coefficient (Wildman–Crippen LogP) is 0.535. The lowest BCUT2D eigenvalue weighted by atomic mass is 11.2. The monoisotopic (exact) mass is 119 g/mol. The van der Waals surface area contributed by atoms with Crippen LogP contribution in [0.4, 0.5) is 4.79 Å². The minimum Gasteiger partial charge on any atom is -0.431 e. The van der Waals surface area contributed by atoms with Gasteiger partial charge in [0.05, 0.1) is 0 Å². The Morgan fingerprint density at radius 1 is 1.75 bits per heavy atom. The van der Waals surface area contributed by atoms with E-state index < -0.39 is 6.16 Å². The number of hydrogen-bond donors (Lipinski definition) is 0. The van der Waals surface area contributed by atoms with Gasteiger partial charge in [0.1, 0.15) is 7.11 Å². The Morgan fingerprint density at radius 3 is 2.75 bits per heavy atom. The normalized spacial score (nSPS) is 8.25. The Balaban J connectivity index is 2.99. The summed E-state index contributed by atoms with van der Waals surface area (Å²) in [4.78, 5) is 9.98. The van der Waals surface area contributed by atoms with Gasteiger partial charge in [-0.25, -0.2) is 4.79 Å². The minimum atomic E-state index is -0.841. The number of ether oxygens (including phenoxy) is 3. The maximum Gasteiger partial charge on any atom is 0.510 e. The van der Waals surface area contributed by atoms with Crippen LogP contribution in [0.2, 0.25) is 0 Å². The third-order valence-corrected chi connectivity index (χ3v) is 0.412. The van der Waals surface area contributed by atoms with Gasteiger partial charge in [-0.2, -0.15) is 0 Å². The highest BCUT2D eigenvalue weighted by Gasteiger charge is 1.95. The molecule has 0 unspecified atom stereocenters. The summed E-state index contributed by atoms with van der Waals surface area (Å²) in [7, 11) is 4.21. The molecule has 0 saturated heterocycles. The van der Waals surface area contributed by atoms with E-state index in [1.54, 1.807) is 0 Å². The molecule has 0 fully saturated rings. The SMILES string of the molecule is [CH2]OC(=O)OCOC. The molecule has 0 saturated carbocycles. The molecule has 0 aromatic heterocycles. The van der Waals surface area contributed by atoms with Crippen molar-refractivity contribution in [1.82, 2.24) is 0 Å². The van der Waals surface area contributed by atoms with Crippen LogP contribution in [0.1, 0.15) is 0 Å². The van der Waals surface area contributed by atoms with E-state index in [2.05, 4.69) is 21.3 Å². The molecule has 0 heterocycles. The highest BCUT2D eigenvalue weighted by Crippen LogP contribution is 1.80. The molecular weight excluding hydrogens is 112 g/mol. The molecule has 1 radical (unpaired) electrons. The summed E-state index contributed by atoms with van der Waals surface area (Å²) in [5.41, 5.74) is 0. The van der Waals surface area contributed by atoms with Crippen LogP contribution < -0.4 is 0 Å². The Labute approximate surface area is 47.3 Å². The topological polar surface area (TPSA) is 44.8 Å². The van der Waals surface area contributed by atoms with Crippen LogP contribution in [0.3, 0.4) is 0 Å². The maximum absolute atomic E-state index is 9.98. The molecule has 4 nitrogen and oxygen atoms in total. The molecule has 8 heavy (non-hydrogen) atoms. The van der Waals surface area contributed by atoms with Crippen LogP contribution in [0.5, 0.6) is 0 Å². The summed E-state index contributed by atoms with van der Waals surface area (Å²) in [6, 6.07) is 0. The summed E-state index contributed by atoms with van der Waals surface area (Å²) >= 11 is 0. The second-order valence-corrected chi connectivity index (χ2v) is 0.945. The maximum atomic E-state index is 9.98. The molecule has 0 aromatic rings. The average Bonchev–Trinajstić information content (AvgIpc) is 1.83. The third-order valence-electron chi connectivity index (χ3n) is 0.412. The molecular formula is C4H7O4. The number of hydrogen-bond acceptors (Lipinski definition) is 4. The first-order valence-electron chi connectivity index (χ1n) is 1.89. The second-order valence-electron chi connectivity index (χ2n) is 0.945. The Bertz CT molecular complexity index is 70.4. The van der Waals surface area contributed by atoms with E-state index in [1.165, 1.54) is 7.11 Å². The highest BCUT2D eigenvalue weighted by molar-refractivity contribution is 5.59. The third kappa shape index (κ3) is 3.42. The van der Waals surface area contributed by atoms with Gasteiger partial charge in [-0.1, -0.05) is 0 Å². The molecule has 4 heteroatoms. The number of methoxy groups -OCH3 is 1. The molecule has 0 aliphatic rings. The second kappa shape index (κ2) is 4.39. The van der Waals surface area contributed by atoms with E-state index in [4.69, 9.17) is 0 Å². The largest absolute Gasteiger partial charge is 0.510 e. The molecule has 47 valence electrons. The molecule has 0 amide bonds. The van der Waals surface area contributed by atoms with Gasteiger partial charge in [-0.15, -0.1) is 0 Å². The average molecular weight is 119 g/mol. The molecule has 0 spiro atoms. The van der Waals surface area contributed by atoms with Crippen LogP contribution in [0.15, 0.2) is 0 Å². The molecule has 0 aliphatic heterocycles. The summed E-state index contributed by atoms with van der Waals surface area (Å²) in [6.07, 6.45) is -0.841. The van der Waals surface area contributed by atoms with Gasteiger partial charge in [0.15, 0.2) is 6.79 Å². The smallest absolute Gasteiger partial charge is 0.431 e. The quantitative estimate of drug-likeness (QED) is 0.393. The van der Waals surface area contributed by atoms with Crippen molar-refractivity contribution >= 4 is 6.16 Å². The molecule has 0 aliphatic carbocycles. The lowest BCUT2D eigenvalue weighted by Crippen LogP contribution is -2.04. The highest BCUT2D eigenvalue weighted by atomic mass is 16.8. The van der Waals surface area contributed by atoms with Crippen LogP contribution >= 0.6 is 0 Å². The molecule has 0 rings (SSSR count). The first-order chi connectivity index (χ1) is 3.81. The van der Waals surface area contributed by atoms with Gasteiger partial charge in [-0.05, 0) is 0 Å². The van der Waals surface area contributed by atoms with Crippen LogP contribution in [-0.2, 0) is 14.2 Å². The molecule has 0 atom stereocenters. The zero-order chi connectivity index (χ0) is 6.41. The predicted molar refractivity (Wildman–Crippen MR) is 24.8 cm³/mol. The fourth-order valence-electron chi connectivity index (χ4n) is 0.149. The van der Waals surface area contributed by atoms with E-state index in [0.717, 1.165) is 0 Å². The summed E-state index contributed by atoms with van der Waals surface area (Å²) in [6.45, 7) is -0.103. The van der Waals surface area contributed by atoms with Gasteiger partial charge < -0.3 is 14.2 Å². The molecule has 0 N–H and O–H groups in total. The van der Waals surface area contributed by atoms with Crippen molar-refractivity contribution < 1.29 is 19.0 Å². The van der Waals surface area contributed by atoms with Crippen molar-refractivity contribution in [3.63, 3.8) is 0 Å². The summed E-state index contributed by atoms with van der Waals surface area (Å²) in [5, 5.41) is 0. The summed E-state index contributed by atoms with van der Waals surface area (Å²) < 4.78 is 12.4. The van der Waals surface area contributed by atoms with E-state index in [-0.39, 0.29) is 6.79 Å².